The van der Waals surface area contributed by atoms with Gasteiger partial charge >= 0.3 is 0 Å². The molecule has 1 fully saturated rings. The Balaban J connectivity index is 1.59. The fourth-order valence-electron chi connectivity index (χ4n) is 5.55. The number of nitriles is 1. The first-order chi connectivity index (χ1) is 18.8. The number of halogens is 1. The van der Waals surface area contributed by atoms with Crippen molar-refractivity contribution in [1.82, 2.24) is 9.88 Å². The largest absolute Gasteiger partial charge is 0.381 e. The molecule has 1 saturated heterocycles. The second-order valence-electron chi connectivity index (χ2n) is 11.9. The van der Waals surface area contributed by atoms with E-state index in [0.29, 0.717) is 11.1 Å². The topological polar surface area (TPSA) is 78.2 Å². The van der Waals surface area contributed by atoms with Crippen molar-refractivity contribution < 1.29 is 9.53 Å². The molecule has 0 saturated carbocycles. The third-order valence-electron chi connectivity index (χ3n) is 7.10. The van der Waals surface area contributed by atoms with Gasteiger partial charge in [-0.1, -0.05) is 18.2 Å². The predicted octanol–water partition coefficient (Wildman–Crippen LogP) is 7.64. The van der Waals surface area contributed by atoms with Gasteiger partial charge in [0.05, 0.1) is 28.1 Å². The van der Waals surface area contributed by atoms with Crippen LogP contribution >= 0.6 is 22.6 Å². The lowest BCUT2D eigenvalue weighted by molar-refractivity contribution is -0.158. The molecule has 0 aliphatic carbocycles. The number of hydrogen-bond acceptors (Lipinski definition) is 5. The molecule has 4 rings (SSSR count). The molecular formula is C33H37IN4O2. The Morgan fingerprint density at radius 3 is 2.30 bits per heavy atom. The number of aromatic nitrogens is 1. The van der Waals surface area contributed by atoms with Gasteiger partial charge in [0.1, 0.15) is 6.07 Å². The second-order valence-corrected chi connectivity index (χ2v) is 13.0. The maximum Gasteiger partial charge on any atom is 0.253 e. The molecule has 2 aromatic carbocycles. The molecule has 1 amide bonds. The lowest BCUT2D eigenvalue weighted by atomic mass is 9.85. The van der Waals surface area contributed by atoms with Crippen molar-refractivity contribution in [2.45, 2.75) is 64.7 Å². The smallest absolute Gasteiger partial charge is 0.253 e. The third-order valence-corrected chi connectivity index (χ3v) is 8.24. The summed E-state index contributed by atoms with van der Waals surface area (Å²) in [6, 6.07) is 18.3. The van der Waals surface area contributed by atoms with Crippen LogP contribution in [0.4, 0.5) is 5.69 Å². The van der Waals surface area contributed by atoms with Gasteiger partial charge in [-0.2, -0.15) is 5.26 Å². The highest BCUT2D eigenvalue weighted by molar-refractivity contribution is 14.1. The summed E-state index contributed by atoms with van der Waals surface area (Å²) >= 11 is 2.33. The first kappa shape index (κ1) is 29.8. The number of benzene rings is 2. The molecule has 40 heavy (non-hydrogen) atoms. The van der Waals surface area contributed by atoms with Crippen molar-refractivity contribution in [3.05, 3.63) is 80.7 Å². The highest BCUT2D eigenvalue weighted by Gasteiger charge is 2.39. The van der Waals surface area contributed by atoms with Crippen LogP contribution in [-0.4, -0.2) is 47.1 Å². The molecule has 1 aliphatic heterocycles. The second kappa shape index (κ2) is 11.7. The zero-order chi connectivity index (χ0) is 29.2. The van der Waals surface area contributed by atoms with Gasteiger partial charge in [0.25, 0.3) is 5.91 Å². The number of anilines is 1. The Morgan fingerprint density at radius 1 is 1.07 bits per heavy atom. The number of hydrogen-bond donors (Lipinski definition) is 1. The van der Waals surface area contributed by atoms with Gasteiger partial charge < -0.3 is 15.0 Å². The van der Waals surface area contributed by atoms with Gasteiger partial charge in [0, 0.05) is 35.5 Å². The maximum absolute atomic E-state index is 12.2. The molecule has 208 valence electrons. The number of nitrogens with one attached hydrogen (secondary N) is 1. The van der Waals surface area contributed by atoms with Crippen LogP contribution < -0.4 is 5.32 Å². The molecule has 0 atom stereocenters. The zero-order valence-corrected chi connectivity index (χ0v) is 26.5. The van der Waals surface area contributed by atoms with Crippen LogP contribution in [0.5, 0.6) is 0 Å². The summed E-state index contributed by atoms with van der Waals surface area (Å²) in [7, 11) is 3.50. The minimum Gasteiger partial charge on any atom is -0.381 e. The van der Waals surface area contributed by atoms with E-state index in [-0.39, 0.29) is 23.2 Å². The molecule has 0 bridgehead atoms. The summed E-state index contributed by atoms with van der Waals surface area (Å²) in [5, 5.41) is 13.6. The minimum absolute atomic E-state index is 0.0181. The van der Waals surface area contributed by atoms with E-state index in [0.717, 1.165) is 50.1 Å². The molecule has 1 aromatic heterocycles. The molecule has 7 heteroatoms. The highest BCUT2D eigenvalue weighted by Crippen LogP contribution is 2.37. The molecule has 1 aliphatic rings. The fourth-order valence-corrected chi connectivity index (χ4v) is 6.33. The van der Waals surface area contributed by atoms with Crippen molar-refractivity contribution in [1.29, 1.82) is 5.26 Å². The van der Waals surface area contributed by atoms with Gasteiger partial charge in [0.2, 0.25) is 0 Å². The Kier molecular flexibility index (Phi) is 8.72. The standard InChI is InChI=1S/C33H37IN4O2/c1-21(22-8-10-23(11-9-22)31(39)38(6)7)16-29-30(34)27(14-15-36-29)24-12-13-28(25(17-24)20-35)37-26-18-32(2,3)40-33(4,5)19-26/h8-17,26,37H,18-19H2,1-7H3/b21-16+. The first-order valence-electron chi connectivity index (χ1n) is 13.4. The summed E-state index contributed by atoms with van der Waals surface area (Å²) in [6.07, 6.45) is 5.60. The van der Waals surface area contributed by atoms with Crippen LogP contribution in [0.15, 0.2) is 54.7 Å². The number of carbonyl (C=O) groups excluding carboxylic acids is 1. The summed E-state index contributed by atoms with van der Waals surface area (Å²) in [6.45, 7) is 10.5. The summed E-state index contributed by atoms with van der Waals surface area (Å²) in [5.74, 6) is -0.0181. The Hall–Kier alpha value is -3.22. The monoisotopic (exact) mass is 648 g/mol. The van der Waals surface area contributed by atoms with E-state index < -0.39 is 0 Å². The van der Waals surface area contributed by atoms with Gasteiger partial charge in [-0.3, -0.25) is 9.78 Å². The third kappa shape index (κ3) is 6.91. The quantitative estimate of drug-likeness (QED) is 0.278. The minimum atomic E-state index is -0.229. The Bertz CT molecular complexity index is 1470. The Labute approximate surface area is 251 Å². The van der Waals surface area contributed by atoms with E-state index in [1.54, 1.807) is 25.2 Å². The number of allylic oxidation sites excluding steroid dienone is 1. The van der Waals surface area contributed by atoms with E-state index in [9.17, 15) is 10.1 Å². The normalized spacial score (nSPS) is 16.7. The van der Waals surface area contributed by atoms with Crippen molar-refractivity contribution in [2.75, 3.05) is 19.4 Å². The van der Waals surface area contributed by atoms with Crippen LogP contribution in [0.2, 0.25) is 0 Å². The first-order valence-corrected chi connectivity index (χ1v) is 14.5. The van der Waals surface area contributed by atoms with Gasteiger partial charge in [0.15, 0.2) is 0 Å². The van der Waals surface area contributed by atoms with Crippen molar-refractivity contribution in [3.63, 3.8) is 0 Å². The Morgan fingerprint density at radius 2 is 1.70 bits per heavy atom. The van der Waals surface area contributed by atoms with Crippen LogP contribution in [-0.2, 0) is 4.74 Å². The van der Waals surface area contributed by atoms with Gasteiger partial charge in [-0.05, 0) is 129 Å². The van der Waals surface area contributed by atoms with Crippen molar-refractivity contribution in [2.24, 2.45) is 0 Å². The number of rotatable bonds is 6. The molecule has 2 heterocycles. The van der Waals surface area contributed by atoms with Crippen LogP contribution in [0.3, 0.4) is 0 Å². The number of amides is 1. The van der Waals surface area contributed by atoms with E-state index in [2.05, 4.69) is 78.8 Å². The lowest BCUT2D eigenvalue weighted by Gasteiger charge is -2.45. The van der Waals surface area contributed by atoms with Crippen molar-refractivity contribution >= 4 is 45.8 Å². The zero-order valence-electron chi connectivity index (χ0n) is 24.3. The summed E-state index contributed by atoms with van der Waals surface area (Å²) in [5.41, 5.74) is 6.60. The summed E-state index contributed by atoms with van der Waals surface area (Å²) < 4.78 is 7.24. The van der Waals surface area contributed by atoms with Gasteiger partial charge in [-0.15, -0.1) is 0 Å². The highest BCUT2D eigenvalue weighted by atomic mass is 127. The van der Waals surface area contributed by atoms with Gasteiger partial charge in [-0.25, -0.2) is 0 Å². The average Bonchev–Trinajstić information content (AvgIpc) is 2.88. The molecular weight excluding hydrogens is 611 g/mol. The average molecular weight is 649 g/mol. The molecule has 6 nitrogen and oxygen atoms in total. The van der Waals surface area contributed by atoms with Crippen LogP contribution in [0.25, 0.3) is 22.8 Å². The molecule has 0 spiro atoms. The molecule has 0 unspecified atom stereocenters. The van der Waals surface area contributed by atoms with Crippen LogP contribution in [0.1, 0.15) is 74.6 Å². The van der Waals surface area contributed by atoms with Crippen molar-refractivity contribution in [3.8, 4) is 17.2 Å². The number of ether oxygens (including phenoxy) is 1. The van der Waals surface area contributed by atoms with E-state index in [1.165, 1.54) is 0 Å². The molecule has 0 radical (unpaired) electrons. The number of carbonyl (C=O) groups is 1. The van der Waals surface area contributed by atoms with Crippen LogP contribution in [0, 0.1) is 14.9 Å². The molecule has 1 N–H and O–H groups in total. The molecule has 3 aromatic rings. The number of nitrogens with zero attached hydrogens (tertiary/aromatic N) is 3. The SMILES string of the molecule is C/C(=C\c1nccc(-c2ccc(NC3CC(C)(C)OC(C)(C)C3)c(C#N)c2)c1I)c1ccc(C(=O)N(C)C)cc1. The lowest BCUT2D eigenvalue weighted by Crippen LogP contribution is -2.49. The van der Waals surface area contributed by atoms with E-state index in [4.69, 9.17) is 4.74 Å². The van der Waals surface area contributed by atoms with E-state index in [1.807, 2.05) is 49.4 Å². The fraction of sp³-hybridized carbons (Fsp3) is 0.364. The van der Waals surface area contributed by atoms with E-state index >= 15 is 0 Å². The maximum atomic E-state index is 12.2. The summed E-state index contributed by atoms with van der Waals surface area (Å²) in [4.78, 5) is 18.4. The predicted molar refractivity (Wildman–Crippen MR) is 171 cm³/mol. The number of pyridine rings is 1.